The lowest BCUT2D eigenvalue weighted by Gasteiger charge is -2.14. The zero-order valence-corrected chi connectivity index (χ0v) is 11.4. The Morgan fingerprint density at radius 1 is 1.41 bits per heavy atom. The van der Waals surface area contributed by atoms with E-state index in [9.17, 15) is 4.21 Å². The van der Waals surface area contributed by atoms with E-state index in [1.54, 1.807) is 12.1 Å². The van der Waals surface area contributed by atoms with Crippen LogP contribution in [-0.4, -0.2) is 34.8 Å². The normalized spacial score (nSPS) is 14.5. The minimum Gasteiger partial charge on any atom is -0.396 e. The summed E-state index contributed by atoms with van der Waals surface area (Å²) in [7, 11) is 0.894. The number of rotatable bonds is 7. The first-order chi connectivity index (χ1) is 8.15. The summed E-state index contributed by atoms with van der Waals surface area (Å²) in [6.07, 6.45) is 0.628. The molecule has 17 heavy (non-hydrogen) atoms. The SMILES string of the molecule is CNC(CCO)CS(=O)Cc1ccc(Cl)cc1. The van der Waals surface area contributed by atoms with Gasteiger partial charge < -0.3 is 10.4 Å². The number of hydrogen-bond acceptors (Lipinski definition) is 3. The molecule has 0 aliphatic carbocycles. The third kappa shape index (κ3) is 5.64. The van der Waals surface area contributed by atoms with Gasteiger partial charge in [0.25, 0.3) is 0 Å². The van der Waals surface area contributed by atoms with Gasteiger partial charge in [-0.25, -0.2) is 0 Å². The van der Waals surface area contributed by atoms with Gasteiger partial charge in [0, 0.05) is 40.0 Å². The van der Waals surface area contributed by atoms with E-state index in [4.69, 9.17) is 16.7 Å². The minimum atomic E-state index is -0.926. The fourth-order valence-electron chi connectivity index (χ4n) is 1.52. The summed E-state index contributed by atoms with van der Waals surface area (Å²) < 4.78 is 11.9. The van der Waals surface area contributed by atoms with Crippen molar-refractivity contribution in [3.63, 3.8) is 0 Å². The van der Waals surface area contributed by atoms with Crippen LogP contribution in [0, 0.1) is 0 Å². The molecule has 96 valence electrons. The topological polar surface area (TPSA) is 49.3 Å². The number of nitrogens with one attached hydrogen (secondary N) is 1. The van der Waals surface area contributed by atoms with Crippen LogP contribution in [0.3, 0.4) is 0 Å². The van der Waals surface area contributed by atoms with E-state index in [2.05, 4.69) is 5.32 Å². The molecule has 0 bridgehead atoms. The third-order valence-corrected chi connectivity index (χ3v) is 4.20. The highest BCUT2D eigenvalue weighted by Crippen LogP contribution is 2.11. The molecule has 1 aromatic rings. The zero-order chi connectivity index (χ0) is 12.7. The smallest absolute Gasteiger partial charge is 0.0486 e. The number of aliphatic hydroxyl groups is 1. The first-order valence-corrected chi connectivity index (χ1v) is 7.40. The molecule has 0 saturated heterocycles. The fraction of sp³-hybridized carbons (Fsp3) is 0.500. The molecule has 0 amide bonds. The number of halogens is 1. The fourth-order valence-corrected chi connectivity index (χ4v) is 3.11. The molecule has 0 radical (unpaired) electrons. The Balaban J connectivity index is 2.46. The first kappa shape index (κ1) is 14.6. The third-order valence-electron chi connectivity index (χ3n) is 2.51. The van der Waals surface area contributed by atoms with E-state index in [1.807, 2.05) is 19.2 Å². The molecular weight excluding hydrogens is 258 g/mol. The lowest BCUT2D eigenvalue weighted by Crippen LogP contribution is -2.32. The van der Waals surface area contributed by atoms with Gasteiger partial charge in [-0.05, 0) is 31.2 Å². The van der Waals surface area contributed by atoms with E-state index < -0.39 is 10.8 Å². The highest BCUT2D eigenvalue weighted by Gasteiger charge is 2.10. The van der Waals surface area contributed by atoms with Crippen LogP contribution in [0.15, 0.2) is 24.3 Å². The van der Waals surface area contributed by atoms with Crippen molar-refractivity contribution in [2.24, 2.45) is 0 Å². The number of aliphatic hydroxyl groups excluding tert-OH is 1. The summed E-state index contributed by atoms with van der Waals surface area (Å²) in [5, 5.41) is 12.6. The summed E-state index contributed by atoms with van der Waals surface area (Å²) in [5.41, 5.74) is 1.02. The molecule has 0 spiro atoms. The van der Waals surface area contributed by atoms with Crippen LogP contribution >= 0.6 is 11.6 Å². The molecule has 1 rings (SSSR count). The van der Waals surface area contributed by atoms with Crippen molar-refractivity contribution in [2.45, 2.75) is 18.2 Å². The molecule has 0 fully saturated rings. The van der Waals surface area contributed by atoms with E-state index in [0.29, 0.717) is 22.9 Å². The second-order valence-electron chi connectivity index (χ2n) is 3.88. The van der Waals surface area contributed by atoms with Crippen molar-refractivity contribution in [2.75, 3.05) is 19.4 Å². The molecule has 0 saturated carbocycles. The standard InChI is InChI=1S/C12H18ClNO2S/c1-14-12(6-7-15)9-17(16)8-10-2-4-11(13)5-3-10/h2-5,12,14-15H,6-9H2,1H3. The van der Waals surface area contributed by atoms with Crippen LogP contribution in [-0.2, 0) is 16.6 Å². The summed E-state index contributed by atoms with van der Waals surface area (Å²) in [6.45, 7) is 0.115. The summed E-state index contributed by atoms with van der Waals surface area (Å²) in [6, 6.07) is 7.49. The van der Waals surface area contributed by atoms with Crippen molar-refractivity contribution >= 4 is 22.4 Å². The van der Waals surface area contributed by atoms with Gasteiger partial charge in [0.05, 0.1) is 0 Å². The molecule has 0 aliphatic rings. The Hall–Kier alpha value is -0.420. The average molecular weight is 276 g/mol. The van der Waals surface area contributed by atoms with Crippen LogP contribution in [0.1, 0.15) is 12.0 Å². The number of hydrogen-bond donors (Lipinski definition) is 2. The van der Waals surface area contributed by atoms with Crippen molar-refractivity contribution in [3.05, 3.63) is 34.9 Å². The zero-order valence-electron chi connectivity index (χ0n) is 9.86. The highest BCUT2D eigenvalue weighted by molar-refractivity contribution is 7.84. The second kappa shape index (κ2) is 7.82. The highest BCUT2D eigenvalue weighted by atomic mass is 35.5. The molecule has 5 heteroatoms. The van der Waals surface area contributed by atoms with Crippen LogP contribution in [0.5, 0.6) is 0 Å². The molecule has 0 heterocycles. The average Bonchev–Trinajstić information content (AvgIpc) is 2.31. The van der Waals surface area contributed by atoms with Gasteiger partial charge in [0.1, 0.15) is 0 Å². The van der Waals surface area contributed by atoms with Crippen molar-refractivity contribution in [1.82, 2.24) is 5.32 Å². The molecule has 0 aliphatic heterocycles. The van der Waals surface area contributed by atoms with E-state index in [0.717, 1.165) is 5.56 Å². The van der Waals surface area contributed by atoms with Gasteiger partial charge in [-0.15, -0.1) is 0 Å². The van der Waals surface area contributed by atoms with Crippen molar-refractivity contribution in [3.8, 4) is 0 Å². The molecule has 2 atom stereocenters. The molecule has 3 nitrogen and oxygen atoms in total. The summed E-state index contributed by atoms with van der Waals surface area (Å²) in [4.78, 5) is 0. The van der Waals surface area contributed by atoms with Crippen LogP contribution < -0.4 is 5.32 Å². The maximum absolute atomic E-state index is 11.9. The van der Waals surface area contributed by atoms with Crippen LogP contribution in [0.4, 0.5) is 0 Å². The van der Waals surface area contributed by atoms with Gasteiger partial charge in [0.15, 0.2) is 0 Å². The molecule has 2 unspecified atom stereocenters. The molecule has 0 aromatic heterocycles. The Bertz CT molecular complexity index is 356. The Morgan fingerprint density at radius 3 is 2.59 bits per heavy atom. The van der Waals surface area contributed by atoms with E-state index >= 15 is 0 Å². The van der Waals surface area contributed by atoms with E-state index in [-0.39, 0.29) is 12.6 Å². The number of benzene rings is 1. The Labute approximate surface area is 110 Å². The first-order valence-electron chi connectivity index (χ1n) is 5.53. The maximum Gasteiger partial charge on any atom is 0.0486 e. The lowest BCUT2D eigenvalue weighted by atomic mass is 10.2. The van der Waals surface area contributed by atoms with Crippen molar-refractivity contribution < 1.29 is 9.32 Å². The molecular formula is C12H18ClNO2S. The monoisotopic (exact) mass is 275 g/mol. The maximum atomic E-state index is 11.9. The lowest BCUT2D eigenvalue weighted by molar-refractivity contribution is 0.272. The van der Waals surface area contributed by atoms with Gasteiger partial charge >= 0.3 is 0 Å². The van der Waals surface area contributed by atoms with Crippen molar-refractivity contribution in [1.29, 1.82) is 0 Å². The van der Waals surface area contributed by atoms with Gasteiger partial charge in [-0.3, -0.25) is 4.21 Å². The van der Waals surface area contributed by atoms with E-state index in [1.165, 1.54) is 0 Å². The summed E-state index contributed by atoms with van der Waals surface area (Å²) in [5.74, 6) is 1.08. The molecule has 2 N–H and O–H groups in total. The predicted molar refractivity (Wildman–Crippen MR) is 72.7 cm³/mol. The van der Waals surface area contributed by atoms with Crippen LogP contribution in [0.25, 0.3) is 0 Å². The van der Waals surface area contributed by atoms with Gasteiger partial charge in [-0.2, -0.15) is 0 Å². The van der Waals surface area contributed by atoms with Gasteiger partial charge in [-0.1, -0.05) is 23.7 Å². The van der Waals surface area contributed by atoms with Crippen LogP contribution in [0.2, 0.25) is 5.02 Å². The molecule has 1 aromatic carbocycles. The van der Waals surface area contributed by atoms with Gasteiger partial charge in [0.2, 0.25) is 0 Å². The second-order valence-corrected chi connectivity index (χ2v) is 5.81. The summed E-state index contributed by atoms with van der Waals surface area (Å²) >= 11 is 5.78. The quantitative estimate of drug-likeness (QED) is 0.794. The Morgan fingerprint density at radius 2 is 2.06 bits per heavy atom. The largest absolute Gasteiger partial charge is 0.396 e. The Kier molecular flexibility index (Phi) is 6.73. The minimum absolute atomic E-state index is 0.105. The predicted octanol–water partition coefficient (Wildman–Crippen LogP) is 1.56.